The summed E-state index contributed by atoms with van der Waals surface area (Å²) >= 11 is 0. The number of fused-ring (bicyclic) bond motifs is 3. The van der Waals surface area contributed by atoms with E-state index in [-0.39, 0.29) is 29.1 Å². The molecule has 33 heavy (non-hydrogen) atoms. The molecule has 1 heterocycles. The van der Waals surface area contributed by atoms with Crippen LogP contribution in [0.4, 0.5) is 11.4 Å². The second kappa shape index (κ2) is 7.52. The summed E-state index contributed by atoms with van der Waals surface area (Å²) in [5, 5.41) is 22.2. The Morgan fingerprint density at radius 3 is 2.24 bits per heavy atom. The van der Waals surface area contributed by atoms with Crippen LogP contribution < -0.4 is 9.64 Å². The van der Waals surface area contributed by atoms with Crippen LogP contribution in [0.25, 0.3) is 0 Å². The molecule has 0 bridgehead atoms. The third-order valence-electron chi connectivity index (χ3n) is 5.64. The topological polar surface area (TPSA) is 113 Å². The van der Waals surface area contributed by atoms with Crippen LogP contribution in [0.2, 0.25) is 0 Å². The summed E-state index contributed by atoms with van der Waals surface area (Å²) in [7, 11) is 1.28. The molecule has 0 radical (unpaired) electrons. The Kier molecular flexibility index (Phi) is 4.63. The van der Waals surface area contributed by atoms with Crippen LogP contribution in [0.1, 0.15) is 36.6 Å². The lowest BCUT2D eigenvalue weighted by Crippen LogP contribution is -2.19. The van der Waals surface area contributed by atoms with Crippen molar-refractivity contribution in [2.75, 3.05) is 12.0 Å². The number of benzene rings is 3. The van der Waals surface area contributed by atoms with E-state index in [1.54, 1.807) is 41.3 Å². The van der Waals surface area contributed by atoms with E-state index >= 15 is 0 Å². The first-order chi connectivity index (χ1) is 15.9. The van der Waals surface area contributed by atoms with Gasteiger partial charge in [-0.1, -0.05) is 18.2 Å². The van der Waals surface area contributed by atoms with Gasteiger partial charge in [0.25, 0.3) is 0 Å². The van der Waals surface area contributed by atoms with E-state index in [9.17, 15) is 24.6 Å². The molecule has 0 spiro atoms. The fourth-order valence-corrected chi connectivity index (χ4v) is 4.04. The number of phenolic OH excluding ortho intramolecular Hbond substituents is 2. The van der Waals surface area contributed by atoms with Crippen molar-refractivity contribution in [2.45, 2.75) is 6.54 Å². The second-order valence-electron chi connectivity index (χ2n) is 7.52. The van der Waals surface area contributed by atoms with Crippen LogP contribution in [0.5, 0.6) is 23.0 Å². The number of aromatic hydroxyl groups is 2. The van der Waals surface area contributed by atoms with E-state index in [2.05, 4.69) is 0 Å². The SMILES string of the molecule is COC(=O)c1ccc(N2Cc3ccccc3Oc3c(O)c4c(c(O)c32)C(=O)C=CC4=O)cc1. The van der Waals surface area contributed by atoms with Gasteiger partial charge in [-0.2, -0.15) is 0 Å². The minimum Gasteiger partial charge on any atom is -0.505 e. The van der Waals surface area contributed by atoms with Gasteiger partial charge in [0.15, 0.2) is 28.8 Å². The van der Waals surface area contributed by atoms with Gasteiger partial charge in [0.1, 0.15) is 11.4 Å². The monoisotopic (exact) mass is 443 g/mol. The molecule has 1 aliphatic carbocycles. The minimum absolute atomic E-state index is 0.0321. The first-order valence-electron chi connectivity index (χ1n) is 10.0. The molecule has 8 nitrogen and oxygen atoms in total. The number of hydrogen-bond acceptors (Lipinski definition) is 8. The standard InChI is InChI=1S/C25H17NO7/c1-32-25(31)13-6-8-15(9-7-13)26-12-14-4-2-3-5-18(14)33-24-21(26)22(29)19-16(27)10-11-17(28)20(19)23(24)30/h2-11,29-30H,12H2,1H3. The zero-order valence-corrected chi connectivity index (χ0v) is 17.4. The molecule has 0 saturated heterocycles. The molecule has 5 rings (SSSR count). The number of methoxy groups -OCH3 is 1. The van der Waals surface area contributed by atoms with Crippen molar-refractivity contribution in [3.8, 4) is 23.0 Å². The molecular weight excluding hydrogens is 426 g/mol. The molecular formula is C25H17NO7. The van der Waals surface area contributed by atoms with Gasteiger partial charge in [0, 0.05) is 11.3 Å². The number of hydrogen-bond donors (Lipinski definition) is 2. The maximum Gasteiger partial charge on any atom is 0.337 e. The zero-order valence-electron chi connectivity index (χ0n) is 17.4. The molecule has 8 heteroatoms. The summed E-state index contributed by atoms with van der Waals surface area (Å²) in [4.78, 5) is 38.5. The van der Waals surface area contributed by atoms with E-state index in [0.717, 1.165) is 17.7 Å². The summed E-state index contributed by atoms with van der Waals surface area (Å²) in [6.07, 6.45) is 2.10. The van der Waals surface area contributed by atoms with Gasteiger partial charge in [-0.25, -0.2) is 4.79 Å². The van der Waals surface area contributed by atoms with E-state index in [1.165, 1.54) is 7.11 Å². The Bertz CT molecular complexity index is 1370. The minimum atomic E-state index is -0.615. The molecule has 0 fully saturated rings. The summed E-state index contributed by atoms with van der Waals surface area (Å²) in [5.41, 5.74) is 1.05. The largest absolute Gasteiger partial charge is 0.505 e. The van der Waals surface area contributed by atoms with Gasteiger partial charge in [0.05, 0.1) is 30.3 Å². The van der Waals surface area contributed by atoms with Gasteiger partial charge >= 0.3 is 5.97 Å². The number of carbonyl (C=O) groups is 3. The van der Waals surface area contributed by atoms with Gasteiger partial charge in [-0.3, -0.25) is 9.59 Å². The average molecular weight is 443 g/mol. The number of carbonyl (C=O) groups excluding carboxylic acids is 3. The Morgan fingerprint density at radius 2 is 1.58 bits per heavy atom. The van der Waals surface area contributed by atoms with Gasteiger partial charge < -0.3 is 24.6 Å². The number of esters is 1. The average Bonchev–Trinajstić information content (AvgIpc) is 3.01. The lowest BCUT2D eigenvalue weighted by atomic mass is 9.91. The molecule has 3 aromatic rings. The molecule has 1 aliphatic heterocycles. The van der Waals surface area contributed by atoms with E-state index in [1.807, 2.05) is 12.1 Å². The zero-order chi connectivity index (χ0) is 23.3. The van der Waals surface area contributed by atoms with Crippen LogP contribution in [-0.4, -0.2) is 34.9 Å². The first-order valence-corrected chi connectivity index (χ1v) is 10.0. The summed E-state index contributed by atoms with van der Waals surface area (Å²) in [5.74, 6) is -2.47. The summed E-state index contributed by atoms with van der Waals surface area (Å²) in [6, 6.07) is 13.5. The number of ketones is 2. The van der Waals surface area contributed by atoms with Crippen molar-refractivity contribution in [3.05, 3.63) is 82.9 Å². The molecule has 0 saturated carbocycles. The van der Waals surface area contributed by atoms with Crippen LogP contribution >= 0.6 is 0 Å². The summed E-state index contributed by atoms with van der Waals surface area (Å²) < 4.78 is 10.7. The second-order valence-corrected chi connectivity index (χ2v) is 7.52. The van der Waals surface area contributed by atoms with Crippen molar-refractivity contribution in [3.63, 3.8) is 0 Å². The number of anilines is 2. The normalized spacial score (nSPS) is 14.0. The smallest absolute Gasteiger partial charge is 0.337 e. The Hall–Kier alpha value is -4.59. The van der Waals surface area contributed by atoms with Gasteiger partial charge in [-0.15, -0.1) is 0 Å². The van der Waals surface area contributed by atoms with Crippen molar-refractivity contribution >= 4 is 28.9 Å². The predicted octanol–water partition coefficient (Wildman–Crippen LogP) is 4.26. The lowest BCUT2D eigenvalue weighted by molar-refractivity contribution is 0.0600. The highest BCUT2D eigenvalue weighted by molar-refractivity contribution is 6.25. The maximum absolute atomic E-state index is 12.6. The van der Waals surface area contributed by atoms with E-state index < -0.39 is 29.0 Å². The summed E-state index contributed by atoms with van der Waals surface area (Å²) in [6.45, 7) is 0.213. The number of phenols is 2. The van der Waals surface area contributed by atoms with Crippen molar-refractivity contribution in [1.29, 1.82) is 0 Å². The van der Waals surface area contributed by atoms with Gasteiger partial charge in [0.2, 0.25) is 0 Å². The van der Waals surface area contributed by atoms with E-state index in [4.69, 9.17) is 9.47 Å². The van der Waals surface area contributed by atoms with Crippen molar-refractivity contribution in [1.82, 2.24) is 0 Å². The first kappa shape index (κ1) is 20.3. The number of para-hydroxylation sites is 1. The molecule has 3 aromatic carbocycles. The molecule has 0 amide bonds. The van der Waals surface area contributed by atoms with Crippen LogP contribution in [-0.2, 0) is 11.3 Å². The Morgan fingerprint density at radius 1 is 0.939 bits per heavy atom. The number of ether oxygens (including phenoxy) is 2. The molecule has 2 aliphatic rings. The van der Waals surface area contributed by atoms with Crippen LogP contribution in [0, 0.1) is 0 Å². The van der Waals surface area contributed by atoms with Crippen molar-refractivity contribution < 1.29 is 34.1 Å². The molecule has 0 aromatic heterocycles. The third kappa shape index (κ3) is 3.11. The highest BCUT2D eigenvalue weighted by Gasteiger charge is 2.37. The highest BCUT2D eigenvalue weighted by atomic mass is 16.5. The molecule has 2 N–H and O–H groups in total. The maximum atomic E-state index is 12.6. The number of nitrogens with zero attached hydrogens (tertiary/aromatic N) is 1. The van der Waals surface area contributed by atoms with Gasteiger partial charge in [-0.05, 0) is 42.5 Å². The third-order valence-corrected chi connectivity index (χ3v) is 5.64. The van der Waals surface area contributed by atoms with E-state index in [0.29, 0.717) is 17.0 Å². The van der Waals surface area contributed by atoms with Crippen LogP contribution in [0.3, 0.4) is 0 Å². The lowest BCUT2D eigenvalue weighted by Gasteiger charge is -2.27. The molecule has 0 atom stereocenters. The Labute approximate surface area is 187 Å². The molecule has 164 valence electrons. The number of rotatable bonds is 2. The highest BCUT2D eigenvalue weighted by Crippen LogP contribution is 2.55. The number of allylic oxidation sites excluding steroid dienone is 2. The van der Waals surface area contributed by atoms with Crippen molar-refractivity contribution in [2.24, 2.45) is 0 Å². The molecule has 0 unspecified atom stereocenters. The predicted molar refractivity (Wildman–Crippen MR) is 118 cm³/mol. The fraction of sp³-hybridized carbons (Fsp3) is 0.0800. The fourth-order valence-electron chi connectivity index (χ4n) is 4.04. The quantitative estimate of drug-likeness (QED) is 0.446. The Balaban J connectivity index is 1.78. The van der Waals surface area contributed by atoms with Crippen LogP contribution in [0.15, 0.2) is 60.7 Å².